The molecule has 0 saturated carbocycles. The SMILES string of the molecule is CC(=O)Nc1cc(C(C)Nc2ncnc3c2cc(O[C@H]2CCN(C)C2)c(=O)n3C)cc(C(F)(F)F)c1. The van der Waals surface area contributed by atoms with Gasteiger partial charge in [-0.3, -0.25) is 14.2 Å². The van der Waals surface area contributed by atoms with E-state index in [4.69, 9.17) is 4.74 Å². The smallest absolute Gasteiger partial charge is 0.416 e. The molecule has 0 aliphatic carbocycles. The van der Waals surface area contributed by atoms with Gasteiger partial charge >= 0.3 is 6.18 Å². The van der Waals surface area contributed by atoms with Gasteiger partial charge < -0.3 is 20.3 Å². The van der Waals surface area contributed by atoms with Crippen LogP contribution >= 0.6 is 0 Å². The first-order chi connectivity index (χ1) is 16.9. The number of benzene rings is 1. The number of aromatic nitrogens is 3. The lowest BCUT2D eigenvalue weighted by atomic mass is 10.0. The van der Waals surface area contributed by atoms with E-state index in [0.717, 1.165) is 25.1 Å². The third-order valence-electron chi connectivity index (χ3n) is 6.07. The number of hydrogen-bond acceptors (Lipinski definition) is 7. The highest BCUT2D eigenvalue weighted by Gasteiger charge is 2.32. The van der Waals surface area contributed by atoms with Crippen molar-refractivity contribution in [2.45, 2.75) is 38.6 Å². The Bertz CT molecular complexity index is 1360. The number of likely N-dealkylation sites (tertiary alicyclic amines) is 1. The standard InChI is InChI=1S/C24H27F3N6O3/c1-13(15-7-16(24(25,26)27)9-17(8-15)31-14(2)34)30-21-19-10-20(36-18-5-6-32(3)11-18)23(35)33(4)22(19)29-12-28-21/h7-10,12-13,18H,5-6,11H2,1-4H3,(H,31,34)(H,28,29,30)/t13?,18-/m0/s1. The molecule has 1 saturated heterocycles. The maximum atomic E-state index is 13.5. The van der Waals surface area contributed by atoms with Gasteiger partial charge in [0.15, 0.2) is 5.75 Å². The zero-order valence-electron chi connectivity index (χ0n) is 20.3. The van der Waals surface area contributed by atoms with Crippen molar-refractivity contribution >= 4 is 28.4 Å². The number of carbonyl (C=O) groups excluding carboxylic acids is 1. The number of hydrogen-bond donors (Lipinski definition) is 2. The van der Waals surface area contributed by atoms with Crippen molar-refractivity contribution in [3.05, 3.63) is 52.1 Å². The Morgan fingerprint density at radius 2 is 1.94 bits per heavy atom. The Morgan fingerprint density at radius 1 is 1.19 bits per heavy atom. The van der Waals surface area contributed by atoms with Gasteiger partial charge in [-0.1, -0.05) is 0 Å². The molecule has 36 heavy (non-hydrogen) atoms. The number of nitrogens with zero attached hydrogens (tertiary/aromatic N) is 4. The maximum absolute atomic E-state index is 13.5. The second-order valence-electron chi connectivity index (χ2n) is 9.01. The first-order valence-corrected chi connectivity index (χ1v) is 11.4. The van der Waals surface area contributed by atoms with E-state index in [9.17, 15) is 22.8 Å². The Hall–Kier alpha value is -3.67. The van der Waals surface area contributed by atoms with Gasteiger partial charge in [0.2, 0.25) is 5.91 Å². The van der Waals surface area contributed by atoms with E-state index in [0.29, 0.717) is 23.4 Å². The molecule has 0 spiro atoms. The predicted molar refractivity (Wildman–Crippen MR) is 129 cm³/mol. The topological polar surface area (TPSA) is 101 Å². The van der Waals surface area contributed by atoms with Crippen molar-refractivity contribution < 1.29 is 22.7 Å². The fourth-order valence-corrected chi connectivity index (χ4v) is 4.24. The molecule has 1 amide bonds. The Kier molecular flexibility index (Phi) is 6.90. The molecule has 3 aromatic rings. The van der Waals surface area contributed by atoms with Crippen molar-refractivity contribution in [1.82, 2.24) is 19.4 Å². The molecule has 9 nitrogen and oxygen atoms in total. The summed E-state index contributed by atoms with van der Waals surface area (Å²) < 4.78 is 47.9. The maximum Gasteiger partial charge on any atom is 0.416 e. The summed E-state index contributed by atoms with van der Waals surface area (Å²) in [7, 11) is 3.55. The number of ether oxygens (including phenoxy) is 1. The molecule has 12 heteroatoms. The lowest BCUT2D eigenvalue weighted by Crippen LogP contribution is -2.27. The van der Waals surface area contributed by atoms with Crippen molar-refractivity contribution in [3.8, 4) is 5.75 Å². The highest BCUT2D eigenvalue weighted by Crippen LogP contribution is 2.34. The number of alkyl halides is 3. The summed E-state index contributed by atoms with van der Waals surface area (Å²) in [6, 6.07) is 4.31. The first-order valence-electron chi connectivity index (χ1n) is 11.4. The van der Waals surface area contributed by atoms with Crippen LogP contribution in [-0.4, -0.2) is 51.6 Å². The summed E-state index contributed by atoms with van der Waals surface area (Å²) in [6.45, 7) is 4.46. The molecule has 1 unspecified atom stereocenters. The van der Waals surface area contributed by atoms with E-state index < -0.39 is 23.7 Å². The van der Waals surface area contributed by atoms with Crippen molar-refractivity contribution in [1.29, 1.82) is 0 Å². The average molecular weight is 505 g/mol. The quantitative estimate of drug-likeness (QED) is 0.529. The van der Waals surface area contributed by atoms with Crippen molar-refractivity contribution in [2.75, 3.05) is 30.8 Å². The largest absolute Gasteiger partial charge is 0.483 e. The summed E-state index contributed by atoms with van der Waals surface area (Å²) >= 11 is 0. The van der Waals surface area contributed by atoms with Crippen molar-refractivity contribution in [2.24, 2.45) is 7.05 Å². The third-order valence-corrected chi connectivity index (χ3v) is 6.07. The monoisotopic (exact) mass is 504 g/mol. The highest BCUT2D eigenvalue weighted by molar-refractivity contribution is 5.89. The molecule has 1 aliphatic rings. The molecule has 192 valence electrons. The van der Waals surface area contributed by atoms with Gasteiger partial charge in [-0.05, 0) is 44.2 Å². The molecule has 2 aromatic heterocycles. The Labute approximate surface area is 205 Å². The fourth-order valence-electron chi connectivity index (χ4n) is 4.24. The van der Waals surface area contributed by atoms with Gasteiger partial charge in [-0.2, -0.15) is 13.2 Å². The van der Waals surface area contributed by atoms with E-state index in [2.05, 4.69) is 25.5 Å². The second-order valence-corrected chi connectivity index (χ2v) is 9.01. The zero-order chi connectivity index (χ0) is 26.2. The molecule has 2 N–H and O–H groups in total. The van der Waals surface area contributed by atoms with Crippen LogP contribution in [0.15, 0.2) is 35.4 Å². The summed E-state index contributed by atoms with van der Waals surface area (Å²) in [4.78, 5) is 34.9. The molecule has 1 aromatic carbocycles. The van der Waals surface area contributed by atoms with Gasteiger partial charge in [0.25, 0.3) is 5.56 Å². The summed E-state index contributed by atoms with van der Waals surface area (Å²) in [5, 5.41) is 6.03. The predicted octanol–water partition coefficient (Wildman–Crippen LogP) is 3.56. The molecule has 4 rings (SSSR count). The number of pyridine rings is 1. The molecular formula is C24H27F3N6O3. The number of rotatable bonds is 6. The van der Waals surface area contributed by atoms with Gasteiger partial charge in [0, 0.05) is 38.8 Å². The van der Waals surface area contributed by atoms with Crippen LogP contribution < -0.4 is 20.9 Å². The normalized spacial score (nSPS) is 17.2. The summed E-state index contributed by atoms with van der Waals surface area (Å²) in [5.41, 5.74) is -0.551. The number of anilines is 2. The number of aryl methyl sites for hydroxylation is 1. The summed E-state index contributed by atoms with van der Waals surface area (Å²) in [6.07, 6.45) is -2.66. The highest BCUT2D eigenvalue weighted by atomic mass is 19.4. The molecule has 0 radical (unpaired) electrons. The van der Waals surface area contributed by atoms with Crippen LogP contribution in [0, 0.1) is 0 Å². The number of halogens is 3. The van der Waals surface area contributed by atoms with Gasteiger partial charge in [-0.15, -0.1) is 0 Å². The second kappa shape index (κ2) is 9.76. The zero-order valence-corrected chi connectivity index (χ0v) is 20.3. The van der Waals surface area contributed by atoms with Gasteiger partial charge in [0.1, 0.15) is 23.9 Å². The van der Waals surface area contributed by atoms with Crippen LogP contribution in [0.3, 0.4) is 0 Å². The van der Waals surface area contributed by atoms with Gasteiger partial charge in [0.05, 0.1) is 17.0 Å². The van der Waals surface area contributed by atoms with Gasteiger partial charge in [-0.25, -0.2) is 9.97 Å². The van der Waals surface area contributed by atoms with Crippen LogP contribution in [0.2, 0.25) is 0 Å². The van der Waals surface area contributed by atoms with E-state index in [-0.39, 0.29) is 28.7 Å². The third kappa shape index (κ3) is 5.43. The Morgan fingerprint density at radius 3 is 2.58 bits per heavy atom. The number of amides is 1. The lowest BCUT2D eigenvalue weighted by Gasteiger charge is -2.20. The van der Waals surface area contributed by atoms with Crippen molar-refractivity contribution in [3.63, 3.8) is 0 Å². The molecule has 3 heterocycles. The molecule has 2 atom stereocenters. The van der Waals surface area contributed by atoms with Crippen LogP contribution in [0.1, 0.15) is 37.4 Å². The molecule has 0 bridgehead atoms. The van der Waals surface area contributed by atoms with Crippen LogP contribution in [-0.2, 0) is 18.0 Å². The van der Waals surface area contributed by atoms with Crippen LogP contribution in [0.5, 0.6) is 5.75 Å². The minimum absolute atomic E-state index is 0.0353. The summed E-state index contributed by atoms with van der Waals surface area (Å²) in [5.74, 6) is 0.00220. The van der Waals surface area contributed by atoms with E-state index >= 15 is 0 Å². The number of nitrogens with one attached hydrogen (secondary N) is 2. The minimum atomic E-state index is -4.59. The lowest BCUT2D eigenvalue weighted by molar-refractivity contribution is -0.137. The minimum Gasteiger partial charge on any atom is -0.483 e. The average Bonchev–Trinajstić information content (AvgIpc) is 3.21. The van der Waals surface area contributed by atoms with E-state index in [1.165, 1.54) is 23.9 Å². The molecular weight excluding hydrogens is 477 g/mol. The molecule has 1 aliphatic heterocycles. The Balaban J connectivity index is 1.70. The molecule has 1 fully saturated rings. The van der Waals surface area contributed by atoms with Crippen LogP contribution in [0.25, 0.3) is 11.0 Å². The first kappa shape index (κ1) is 25.4. The van der Waals surface area contributed by atoms with E-state index in [1.54, 1.807) is 20.0 Å². The number of carbonyl (C=O) groups is 1. The van der Waals surface area contributed by atoms with Crippen LogP contribution in [0.4, 0.5) is 24.7 Å². The fraction of sp³-hybridized carbons (Fsp3) is 0.417. The van der Waals surface area contributed by atoms with E-state index in [1.807, 2.05) is 7.05 Å². The number of likely N-dealkylation sites (N-methyl/N-ethyl adjacent to an activating group) is 1. The number of fused-ring (bicyclic) bond motifs is 1.